The first-order chi connectivity index (χ1) is 4.95. The molecule has 0 aromatic rings. The summed E-state index contributed by atoms with van der Waals surface area (Å²) in [5.41, 5.74) is 5.60. The first kappa shape index (κ1) is 10.4. The minimum absolute atomic E-state index is 0.289. The molecule has 0 aliphatic rings. The highest BCUT2D eigenvalue weighted by atomic mass is 16.4. The molecule has 2 atom stereocenters. The minimum Gasteiger partial charge on any atom is -0.481 e. The monoisotopic (exact) mass is 160 g/mol. The molecule has 11 heavy (non-hydrogen) atoms. The largest absolute Gasteiger partial charge is 0.481 e. The van der Waals surface area contributed by atoms with Gasteiger partial charge in [0.15, 0.2) is 0 Å². The zero-order chi connectivity index (χ0) is 9.02. The summed E-state index contributed by atoms with van der Waals surface area (Å²) in [6, 6.07) is -0.289. The SMILES string of the molecule is CC(C(=O)O)C(N)CN(C)C. The second-order valence-electron chi connectivity index (χ2n) is 3.05. The summed E-state index contributed by atoms with van der Waals surface area (Å²) in [4.78, 5) is 12.3. The van der Waals surface area contributed by atoms with E-state index in [9.17, 15) is 4.79 Å². The number of carbonyl (C=O) groups is 1. The van der Waals surface area contributed by atoms with E-state index in [1.54, 1.807) is 6.92 Å². The molecular weight excluding hydrogens is 144 g/mol. The Morgan fingerprint density at radius 3 is 2.36 bits per heavy atom. The Morgan fingerprint density at radius 1 is 1.64 bits per heavy atom. The maximum atomic E-state index is 10.4. The number of carboxylic acids is 1. The average molecular weight is 160 g/mol. The van der Waals surface area contributed by atoms with Gasteiger partial charge < -0.3 is 15.7 Å². The van der Waals surface area contributed by atoms with Crippen LogP contribution in [0.5, 0.6) is 0 Å². The molecule has 4 nitrogen and oxygen atoms in total. The summed E-state index contributed by atoms with van der Waals surface area (Å²) in [5, 5.41) is 8.57. The van der Waals surface area contributed by atoms with Gasteiger partial charge in [-0.1, -0.05) is 6.92 Å². The van der Waals surface area contributed by atoms with Crippen molar-refractivity contribution in [2.75, 3.05) is 20.6 Å². The normalized spacial score (nSPS) is 16.5. The predicted molar refractivity (Wildman–Crippen MR) is 43.3 cm³/mol. The summed E-state index contributed by atoms with van der Waals surface area (Å²) >= 11 is 0. The van der Waals surface area contributed by atoms with Gasteiger partial charge in [0.1, 0.15) is 0 Å². The van der Waals surface area contributed by atoms with Crippen LogP contribution in [0.2, 0.25) is 0 Å². The maximum Gasteiger partial charge on any atom is 0.307 e. The van der Waals surface area contributed by atoms with Crippen molar-refractivity contribution in [2.24, 2.45) is 11.7 Å². The van der Waals surface area contributed by atoms with E-state index in [0.717, 1.165) is 0 Å². The first-order valence-electron chi connectivity index (χ1n) is 3.58. The Labute approximate surface area is 67.0 Å². The van der Waals surface area contributed by atoms with Crippen molar-refractivity contribution in [2.45, 2.75) is 13.0 Å². The maximum absolute atomic E-state index is 10.4. The first-order valence-corrected chi connectivity index (χ1v) is 3.58. The molecule has 0 bridgehead atoms. The van der Waals surface area contributed by atoms with Crippen LogP contribution in [0.3, 0.4) is 0 Å². The third kappa shape index (κ3) is 3.95. The number of nitrogens with zero attached hydrogens (tertiary/aromatic N) is 1. The Bertz CT molecular complexity index is 136. The number of carboxylic acid groups (broad SMARTS) is 1. The fourth-order valence-electron chi connectivity index (χ4n) is 0.763. The molecule has 0 aromatic heterocycles. The van der Waals surface area contributed by atoms with Crippen LogP contribution < -0.4 is 5.73 Å². The number of aliphatic carboxylic acids is 1. The predicted octanol–water partition coefficient (Wildman–Crippen LogP) is -0.404. The summed E-state index contributed by atoms with van der Waals surface area (Å²) in [6.07, 6.45) is 0. The molecule has 0 saturated carbocycles. The lowest BCUT2D eigenvalue weighted by molar-refractivity contribution is -0.141. The Balaban J connectivity index is 3.82. The van der Waals surface area contributed by atoms with Crippen LogP contribution >= 0.6 is 0 Å². The molecule has 0 aliphatic heterocycles. The molecule has 0 aromatic carbocycles. The van der Waals surface area contributed by atoms with Crippen molar-refractivity contribution < 1.29 is 9.90 Å². The van der Waals surface area contributed by atoms with Crippen LogP contribution in [-0.2, 0) is 4.79 Å². The van der Waals surface area contributed by atoms with Gasteiger partial charge in [-0.15, -0.1) is 0 Å². The molecule has 3 N–H and O–H groups in total. The van der Waals surface area contributed by atoms with Crippen LogP contribution in [0.15, 0.2) is 0 Å². The lowest BCUT2D eigenvalue weighted by Gasteiger charge is -2.19. The highest BCUT2D eigenvalue weighted by Gasteiger charge is 2.19. The van der Waals surface area contributed by atoms with Gasteiger partial charge in [0.2, 0.25) is 0 Å². The van der Waals surface area contributed by atoms with Gasteiger partial charge >= 0.3 is 5.97 Å². The van der Waals surface area contributed by atoms with Gasteiger partial charge in [-0.05, 0) is 14.1 Å². The van der Waals surface area contributed by atoms with Crippen molar-refractivity contribution in [1.82, 2.24) is 4.90 Å². The molecule has 4 heteroatoms. The van der Waals surface area contributed by atoms with Gasteiger partial charge in [0.05, 0.1) is 5.92 Å². The van der Waals surface area contributed by atoms with E-state index in [4.69, 9.17) is 10.8 Å². The summed E-state index contributed by atoms with van der Waals surface area (Å²) in [6.45, 7) is 2.23. The minimum atomic E-state index is -0.834. The molecule has 0 fully saturated rings. The summed E-state index contributed by atoms with van der Waals surface area (Å²) in [5.74, 6) is -1.31. The van der Waals surface area contributed by atoms with E-state index in [2.05, 4.69) is 0 Å². The molecule has 0 spiro atoms. The van der Waals surface area contributed by atoms with Gasteiger partial charge in [0.25, 0.3) is 0 Å². The number of hydrogen-bond acceptors (Lipinski definition) is 3. The number of hydrogen-bond donors (Lipinski definition) is 2. The quantitative estimate of drug-likeness (QED) is 0.587. The molecule has 0 saturated heterocycles. The van der Waals surface area contributed by atoms with Gasteiger partial charge in [0, 0.05) is 12.6 Å². The van der Waals surface area contributed by atoms with Crippen molar-refractivity contribution in [1.29, 1.82) is 0 Å². The van der Waals surface area contributed by atoms with Gasteiger partial charge in [-0.25, -0.2) is 0 Å². The molecule has 0 amide bonds. The van der Waals surface area contributed by atoms with Gasteiger partial charge in [-0.3, -0.25) is 4.79 Å². The molecule has 0 heterocycles. The molecule has 0 rings (SSSR count). The highest BCUT2D eigenvalue weighted by Crippen LogP contribution is 2.00. The van der Waals surface area contributed by atoms with E-state index in [-0.39, 0.29) is 6.04 Å². The second-order valence-corrected chi connectivity index (χ2v) is 3.05. The fourth-order valence-corrected chi connectivity index (χ4v) is 0.763. The van der Waals surface area contributed by atoms with E-state index in [0.29, 0.717) is 6.54 Å². The highest BCUT2D eigenvalue weighted by molar-refractivity contribution is 5.70. The Hall–Kier alpha value is -0.610. The van der Waals surface area contributed by atoms with Crippen LogP contribution in [0.4, 0.5) is 0 Å². The van der Waals surface area contributed by atoms with Crippen molar-refractivity contribution in [3.63, 3.8) is 0 Å². The Morgan fingerprint density at radius 2 is 2.09 bits per heavy atom. The topological polar surface area (TPSA) is 66.6 Å². The van der Waals surface area contributed by atoms with Crippen LogP contribution in [0, 0.1) is 5.92 Å². The zero-order valence-corrected chi connectivity index (χ0v) is 7.24. The van der Waals surface area contributed by atoms with E-state index >= 15 is 0 Å². The number of rotatable bonds is 4. The molecule has 0 aliphatic carbocycles. The standard InChI is InChI=1S/C7H16N2O2/c1-5(7(10)11)6(8)4-9(2)3/h5-6H,4,8H2,1-3H3,(H,10,11). The average Bonchev–Trinajstić information content (AvgIpc) is 1.84. The van der Waals surface area contributed by atoms with E-state index in [1.165, 1.54) is 0 Å². The lowest BCUT2D eigenvalue weighted by Crippen LogP contribution is -2.41. The van der Waals surface area contributed by atoms with Crippen LogP contribution in [0.25, 0.3) is 0 Å². The number of likely N-dealkylation sites (N-methyl/N-ethyl adjacent to an activating group) is 1. The molecule has 66 valence electrons. The van der Waals surface area contributed by atoms with Crippen molar-refractivity contribution in [3.05, 3.63) is 0 Å². The Kier molecular flexibility index (Phi) is 4.07. The summed E-state index contributed by atoms with van der Waals surface area (Å²) < 4.78 is 0. The van der Waals surface area contributed by atoms with E-state index in [1.807, 2.05) is 19.0 Å². The van der Waals surface area contributed by atoms with Crippen molar-refractivity contribution >= 4 is 5.97 Å². The smallest absolute Gasteiger partial charge is 0.307 e. The van der Waals surface area contributed by atoms with Crippen LogP contribution in [-0.4, -0.2) is 42.7 Å². The number of nitrogens with two attached hydrogens (primary N) is 1. The summed E-state index contributed by atoms with van der Waals surface area (Å²) in [7, 11) is 3.74. The third-order valence-corrected chi connectivity index (χ3v) is 1.61. The lowest BCUT2D eigenvalue weighted by atomic mass is 10.0. The zero-order valence-electron chi connectivity index (χ0n) is 7.24. The third-order valence-electron chi connectivity index (χ3n) is 1.61. The second kappa shape index (κ2) is 4.31. The molecule has 0 radical (unpaired) electrons. The van der Waals surface area contributed by atoms with Crippen molar-refractivity contribution in [3.8, 4) is 0 Å². The molecular formula is C7H16N2O2. The van der Waals surface area contributed by atoms with Crippen LogP contribution in [0.1, 0.15) is 6.92 Å². The fraction of sp³-hybridized carbons (Fsp3) is 0.857. The van der Waals surface area contributed by atoms with E-state index < -0.39 is 11.9 Å². The van der Waals surface area contributed by atoms with Gasteiger partial charge in [-0.2, -0.15) is 0 Å². The molecule has 2 unspecified atom stereocenters.